The Morgan fingerprint density at radius 2 is 1.78 bits per heavy atom. The molecule has 1 rings (SSSR count). The van der Waals surface area contributed by atoms with Crippen LogP contribution < -0.4 is 5.32 Å². The van der Waals surface area contributed by atoms with E-state index in [9.17, 15) is 18.0 Å². The van der Waals surface area contributed by atoms with E-state index in [2.05, 4.69) is 10.1 Å². The summed E-state index contributed by atoms with van der Waals surface area (Å²) >= 11 is 0. The lowest BCUT2D eigenvalue weighted by atomic mass is 10.1. The van der Waals surface area contributed by atoms with E-state index in [0.29, 0.717) is 12.1 Å². The number of ether oxygens (including phenoxy) is 1. The van der Waals surface area contributed by atoms with Crippen LogP contribution in [-0.4, -0.2) is 13.1 Å². The van der Waals surface area contributed by atoms with Crippen molar-refractivity contribution >= 4 is 11.7 Å². The van der Waals surface area contributed by atoms with Crippen LogP contribution in [0.4, 0.5) is 18.9 Å². The Hall–Kier alpha value is -3.51. The number of hydrogen-bond acceptors (Lipinski definition) is 6. The number of halogens is 3. The van der Waals surface area contributed by atoms with Crippen LogP contribution in [0.15, 0.2) is 29.5 Å². The minimum Gasteiger partial charge on any atom is -0.465 e. The van der Waals surface area contributed by atoms with Crippen molar-refractivity contribution in [3.05, 3.63) is 40.6 Å². The molecule has 0 unspecified atom stereocenters. The van der Waals surface area contributed by atoms with Crippen LogP contribution in [0.2, 0.25) is 0 Å². The zero-order chi connectivity index (χ0) is 17.6. The van der Waals surface area contributed by atoms with E-state index in [1.54, 1.807) is 0 Å². The smallest absolute Gasteiger partial charge is 0.416 e. The van der Waals surface area contributed by atoms with Gasteiger partial charge in [0.1, 0.15) is 23.9 Å². The van der Waals surface area contributed by atoms with Gasteiger partial charge in [0.15, 0.2) is 5.57 Å². The third-order valence-corrected chi connectivity index (χ3v) is 2.60. The maximum absolute atomic E-state index is 12.8. The molecule has 1 aromatic carbocycles. The number of anilines is 1. The van der Waals surface area contributed by atoms with Gasteiger partial charge in [0.25, 0.3) is 0 Å². The van der Waals surface area contributed by atoms with Crippen LogP contribution in [-0.2, 0) is 10.9 Å². The van der Waals surface area contributed by atoms with Gasteiger partial charge in [-0.05, 0) is 18.2 Å². The zero-order valence-electron chi connectivity index (χ0n) is 11.5. The molecule has 116 valence electrons. The molecule has 1 N–H and O–H groups in total. The maximum Gasteiger partial charge on any atom is 0.416 e. The number of nitrogens with zero attached hydrogens (tertiary/aromatic N) is 3. The fraction of sp³-hybridized carbons (Fsp3) is 0.143. The number of benzene rings is 1. The van der Waals surface area contributed by atoms with Crippen molar-refractivity contribution in [1.82, 2.24) is 0 Å². The summed E-state index contributed by atoms with van der Waals surface area (Å²) in [5.41, 5.74) is -3.00. The molecule has 0 amide bonds. The Morgan fingerprint density at radius 3 is 2.22 bits per heavy atom. The molecule has 0 aliphatic heterocycles. The van der Waals surface area contributed by atoms with Gasteiger partial charge in [-0.15, -0.1) is 0 Å². The van der Waals surface area contributed by atoms with Gasteiger partial charge in [-0.2, -0.15) is 29.0 Å². The van der Waals surface area contributed by atoms with E-state index >= 15 is 0 Å². The Balaban J connectivity index is 3.52. The van der Waals surface area contributed by atoms with Crippen molar-refractivity contribution in [2.75, 3.05) is 12.4 Å². The number of allylic oxidation sites excluding steroid dienone is 2. The number of esters is 1. The van der Waals surface area contributed by atoms with Crippen LogP contribution in [0.3, 0.4) is 0 Å². The van der Waals surface area contributed by atoms with Gasteiger partial charge in [-0.3, -0.25) is 0 Å². The zero-order valence-corrected chi connectivity index (χ0v) is 11.5. The summed E-state index contributed by atoms with van der Waals surface area (Å²) in [6, 6.07) is 6.45. The lowest BCUT2D eigenvalue weighted by Crippen LogP contribution is -2.12. The predicted molar refractivity (Wildman–Crippen MR) is 70.3 cm³/mol. The van der Waals surface area contributed by atoms with Crippen LogP contribution in [0.5, 0.6) is 0 Å². The molecule has 0 aliphatic rings. The van der Waals surface area contributed by atoms with Crippen molar-refractivity contribution in [2.24, 2.45) is 0 Å². The Kier molecular flexibility index (Phi) is 5.31. The number of carbonyl (C=O) groups excluding carboxylic acids is 1. The molecule has 0 aromatic heterocycles. The first-order valence-electron chi connectivity index (χ1n) is 5.79. The lowest BCUT2D eigenvalue weighted by molar-refractivity contribution is -0.137. The highest BCUT2D eigenvalue weighted by Crippen LogP contribution is 2.33. The second-order valence-corrected chi connectivity index (χ2v) is 3.96. The molecule has 0 saturated heterocycles. The van der Waals surface area contributed by atoms with Gasteiger partial charge >= 0.3 is 12.1 Å². The third-order valence-electron chi connectivity index (χ3n) is 2.60. The average Bonchev–Trinajstić information content (AvgIpc) is 2.53. The summed E-state index contributed by atoms with van der Waals surface area (Å²) in [6.45, 7) is 0. The van der Waals surface area contributed by atoms with E-state index in [4.69, 9.17) is 15.8 Å². The highest BCUT2D eigenvalue weighted by atomic mass is 19.4. The quantitative estimate of drug-likeness (QED) is 0.677. The van der Waals surface area contributed by atoms with Gasteiger partial charge in [0.2, 0.25) is 0 Å². The number of carbonyl (C=O) groups is 1. The van der Waals surface area contributed by atoms with E-state index in [1.807, 2.05) is 0 Å². The molecule has 0 radical (unpaired) electrons. The van der Waals surface area contributed by atoms with E-state index in [-0.39, 0.29) is 5.56 Å². The number of nitriles is 3. The minimum atomic E-state index is -4.69. The predicted octanol–water partition coefficient (Wildman–Crippen LogP) is 2.73. The van der Waals surface area contributed by atoms with Crippen LogP contribution >= 0.6 is 0 Å². The number of alkyl halides is 3. The second-order valence-electron chi connectivity index (χ2n) is 3.96. The number of methoxy groups -OCH3 is 1. The molecular weight excluding hydrogens is 313 g/mol. The normalized spacial score (nSPS) is 9.78. The van der Waals surface area contributed by atoms with Crippen LogP contribution in [0.25, 0.3) is 0 Å². The average molecular weight is 320 g/mol. The molecule has 0 atom stereocenters. The summed E-state index contributed by atoms with van der Waals surface area (Å²) in [6.07, 6.45) is -4.69. The van der Waals surface area contributed by atoms with Gasteiger partial charge < -0.3 is 10.1 Å². The largest absolute Gasteiger partial charge is 0.465 e. The Labute approximate surface area is 128 Å². The molecule has 0 bridgehead atoms. The SMILES string of the molecule is COC(=O)c1ccc(C(F)(F)F)cc1NC(C#N)=C(C#N)C#N. The highest BCUT2D eigenvalue weighted by molar-refractivity contribution is 5.96. The van der Waals surface area contributed by atoms with Crippen molar-refractivity contribution in [1.29, 1.82) is 15.8 Å². The highest BCUT2D eigenvalue weighted by Gasteiger charge is 2.32. The molecule has 9 heteroatoms. The van der Waals surface area contributed by atoms with Crippen molar-refractivity contribution in [3.8, 4) is 18.2 Å². The van der Waals surface area contributed by atoms with Gasteiger partial charge in [0, 0.05) is 0 Å². The first kappa shape index (κ1) is 17.5. The first-order valence-corrected chi connectivity index (χ1v) is 5.79. The molecule has 6 nitrogen and oxygen atoms in total. The van der Waals surface area contributed by atoms with Crippen LogP contribution in [0, 0.1) is 34.0 Å². The molecule has 0 aliphatic carbocycles. The van der Waals surface area contributed by atoms with E-state index in [0.717, 1.165) is 13.2 Å². The first-order chi connectivity index (χ1) is 10.8. The second kappa shape index (κ2) is 6.97. The van der Waals surface area contributed by atoms with E-state index in [1.165, 1.54) is 18.2 Å². The van der Waals surface area contributed by atoms with Gasteiger partial charge in [0.05, 0.1) is 23.9 Å². The standard InChI is InChI=1S/C14H7F3N4O2/c1-23-13(22)10-3-2-9(14(15,16)17)4-11(10)21-12(7-20)8(5-18)6-19/h2-4,21H,1H3. The molecule has 0 fully saturated rings. The summed E-state index contributed by atoms with van der Waals surface area (Å²) in [5.74, 6) is -0.950. The third kappa shape index (κ3) is 3.99. The summed E-state index contributed by atoms with van der Waals surface area (Å²) in [7, 11) is 1.03. The molecular formula is C14H7F3N4O2. The van der Waals surface area contributed by atoms with E-state index < -0.39 is 34.7 Å². The number of hydrogen-bond donors (Lipinski definition) is 1. The molecule has 1 aromatic rings. The van der Waals surface area contributed by atoms with Gasteiger partial charge in [-0.25, -0.2) is 4.79 Å². The minimum absolute atomic E-state index is 0.288. The Morgan fingerprint density at radius 1 is 1.17 bits per heavy atom. The fourth-order valence-electron chi connectivity index (χ4n) is 1.53. The fourth-order valence-corrected chi connectivity index (χ4v) is 1.53. The topological polar surface area (TPSA) is 110 Å². The monoisotopic (exact) mass is 320 g/mol. The lowest BCUT2D eigenvalue weighted by Gasteiger charge is -2.13. The number of nitrogens with one attached hydrogen (secondary N) is 1. The number of rotatable bonds is 3. The van der Waals surface area contributed by atoms with Crippen LogP contribution in [0.1, 0.15) is 15.9 Å². The van der Waals surface area contributed by atoms with Gasteiger partial charge in [-0.1, -0.05) is 0 Å². The molecule has 23 heavy (non-hydrogen) atoms. The summed E-state index contributed by atoms with van der Waals surface area (Å²) in [5, 5.41) is 28.6. The molecule has 0 saturated carbocycles. The van der Waals surface area contributed by atoms with Crippen molar-refractivity contribution < 1.29 is 22.7 Å². The van der Waals surface area contributed by atoms with Crippen molar-refractivity contribution in [2.45, 2.75) is 6.18 Å². The summed E-state index contributed by atoms with van der Waals surface area (Å²) in [4.78, 5) is 11.6. The molecule has 0 heterocycles. The maximum atomic E-state index is 12.8. The van der Waals surface area contributed by atoms with Crippen molar-refractivity contribution in [3.63, 3.8) is 0 Å². The summed E-state index contributed by atoms with van der Waals surface area (Å²) < 4.78 is 42.7. The molecule has 0 spiro atoms. The Bertz CT molecular complexity index is 776.